The number of carbonyl (C=O) groups is 1. The highest BCUT2D eigenvalue weighted by atomic mass is 19.4. The molecule has 2 aromatic rings. The molecule has 6 nitrogen and oxygen atoms in total. The summed E-state index contributed by atoms with van der Waals surface area (Å²) in [4.78, 5) is 19.4. The molecule has 0 radical (unpaired) electrons. The molecule has 122 valence electrons. The van der Waals surface area contributed by atoms with E-state index in [9.17, 15) is 18.0 Å². The van der Waals surface area contributed by atoms with Crippen LogP contribution < -0.4 is 15.8 Å². The van der Waals surface area contributed by atoms with Crippen LogP contribution in [-0.2, 0) is 6.54 Å². The number of nitrogens with one attached hydrogen (secondary N) is 1. The van der Waals surface area contributed by atoms with Gasteiger partial charge in [0.15, 0.2) is 6.61 Å². The maximum atomic E-state index is 12.0. The number of ether oxygens (including phenoxy) is 1. The molecule has 0 aliphatic heterocycles. The van der Waals surface area contributed by atoms with Gasteiger partial charge in [-0.05, 0) is 17.7 Å². The topological polar surface area (TPSA) is 90.1 Å². The first-order chi connectivity index (χ1) is 10.8. The third-order valence-electron chi connectivity index (χ3n) is 2.68. The van der Waals surface area contributed by atoms with Crippen molar-refractivity contribution < 1.29 is 22.7 Å². The van der Waals surface area contributed by atoms with Gasteiger partial charge in [-0.25, -0.2) is 9.97 Å². The number of amides is 1. The summed E-state index contributed by atoms with van der Waals surface area (Å²) in [5, 5.41) is 2.64. The highest BCUT2D eigenvalue weighted by molar-refractivity contribution is 5.94. The van der Waals surface area contributed by atoms with Crippen LogP contribution in [0.5, 0.6) is 5.88 Å². The molecular formula is C14H13F3N4O2. The van der Waals surface area contributed by atoms with Crippen molar-refractivity contribution in [3.63, 3.8) is 0 Å². The summed E-state index contributed by atoms with van der Waals surface area (Å²) in [7, 11) is 0. The van der Waals surface area contributed by atoms with E-state index in [0.717, 1.165) is 0 Å². The molecule has 0 aliphatic rings. The average Bonchev–Trinajstić information content (AvgIpc) is 2.51. The summed E-state index contributed by atoms with van der Waals surface area (Å²) in [5.41, 5.74) is 6.45. The van der Waals surface area contributed by atoms with Crippen molar-refractivity contribution in [2.75, 3.05) is 12.3 Å². The van der Waals surface area contributed by atoms with Crippen molar-refractivity contribution in [1.29, 1.82) is 0 Å². The van der Waals surface area contributed by atoms with Crippen LogP contribution >= 0.6 is 0 Å². The molecule has 0 atom stereocenters. The normalized spacial score (nSPS) is 11.1. The second kappa shape index (κ2) is 6.95. The van der Waals surface area contributed by atoms with Crippen molar-refractivity contribution >= 4 is 11.7 Å². The number of hydrogen-bond donors (Lipinski definition) is 2. The third-order valence-corrected chi connectivity index (χ3v) is 2.68. The van der Waals surface area contributed by atoms with Crippen molar-refractivity contribution in [3.05, 3.63) is 47.8 Å². The Morgan fingerprint density at radius 1 is 1.26 bits per heavy atom. The van der Waals surface area contributed by atoms with Gasteiger partial charge in [0.25, 0.3) is 5.91 Å². The number of alkyl halides is 3. The highest BCUT2D eigenvalue weighted by Crippen LogP contribution is 2.17. The van der Waals surface area contributed by atoms with Gasteiger partial charge in [-0.1, -0.05) is 6.07 Å². The smallest absolute Gasteiger partial charge is 0.422 e. The number of anilines is 1. The fraction of sp³-hybridized carbons (Fsp3) is 0.214. The van der Waals surface area contributed by atoms with E-state index < -0.39 is 12.8 Å². The maximum Gasteiger partial charge on any atom is 0.422 e. The van der Waals surface area contributed by atoms with E-state index in [4.69, 9.17) is 5.73 Å². The number of nitrogens with two attached hydrogens (primary N) is 1. The number of halogens is 3. The van der Waals surface area contributed by atoms with Gasteiger partial charge in [-0.2, -0.15) is 13.2 Å². The van der Waals surface area contributed by atoms with Crippen molar-refractivity contribution in [2.45, 2.75) is 12.7 Å². The van der Waals surface area contributed by atoms with E-state index in [2.05, 4.69) is 20.0 Å². The summed E-state index contributed by atoms with van der Waals surface area (Å²) in [6.07, 6.45) is -1.67. The largest absolute Gasteiger partial charge is 0.468 e. The second-order valence-electron chi connectivity index (χ2n) is 4.56. The quantitative estimate of drug-likeness (QED) is 0.876. The van der Waals surface area contributed by atoms with Gasteiger partial charge in [-0.15, -0.1) is 0 Å². The minimum atomic E-state index is -4.42. The highest BCUT2D eigenvalue weighted by Gasteiger charge is 2.28. The molecule has 0 unspecified atom stereocenters. The lowest BCUT2D eigenvalue weighted by Gasteiger charge is -2.09. The fourth-order valence-electron chi connectivity index (χ4n) is 1.63. The zero-order valence-corrected chi connectivity index (χ0v) is 11.8. The minimum Gasteiger partial charge on any atom is -0.468 e. The van der Waals surface area contributed by atoms with Crippen LogP contribution in [0.2, 0.25) is 0 Å². The molecule has 2 heterocycles. The van der Waals surface area contributed by atoms with Gasteiger partial charge in [-0.3, -0.25) is 4.79 Å². The number of nitrogens with zero attached hydrogens (tertiary/aromatic N) is 2. The second-order valence-corrected chi connectivity index (χ2v) is 4.56. The van der Waals surface area contributed by atoms with Gasteiger partial charge in [0.05, 0.1) is 0 Å². The minimum absolute atomic E-state index is 0.140. The van der Waals surface area contributed by atoms with Crippen molar-refractivity contribution in [2.24, 2.45) is 0 Å². The number of pyridine rings is 2. The predicted molar refractivity (Wildman–Crippen MR) is 75.6 cm³/mol. The Bertz CT molecular complexity index is 674. The summed E-state index contributed by atoms with van der Waals surface area (Å²) < 4.78 is 40.5. The van der Waals surface area contributed by atoms with Crippen molar-refractivity contribution in [1.82, 2.24) is 15.3 Å². The molecule has 0 fully saturated rings. The molecule has 2 rings (SSSR count). The summed E-state index contributed by atoms with van der Waals surface area (Å²) in [5.74, 6) is -0.263. The molecule has 0 aliphatic carbocycles. The van der Waals surface area contributed by atoms with E-state index in [-0.39, 0.29) is 24.1 Å². The van der Waals surface area contributed by atoms with Crippen LogP contribution in [0.4, 0.5) is 19.0 Å². The Morgan fingerprint density at radius 3 is 2.65 bits per heavy atom. The summed E-state index contributed by atoms with van der Waals surface area (Å²) >= 11 is 0. The fourth-order valence-corrected chi connectivity index (χ4v) is 1.63. The Labute approximate surface area is 129 Å². The van der Waals surface area contributed by atoms with Gasteiger partial charge in [0, 0.05) is 30.6 Å². The summed E-state index contributed by atoms with van der Waals surface area (Å²) in [6, 6.07) is 5.76. The Balaban J connectivity index is 1.87. The lowest BCUT2D eigenvalue weighted by atomic mass is 10.2. The van der Waals surface area contributed by atoms with E-state index >= 15 is 0 Å². The molecule has 0 spiro atoms. The summed E-state index contributed by atoms with van der Waals surface area (Å²) in [6.45, 7) is -1.24. The lowest BCUT2D eigenvalue weighted by Crippen LogP contribution is -2.23. The molecule has 0 bridgehead atoms. The third kappa shape index (κ3) is 5.46. The number of carbonyl (C=O) groups excluding carboxylic acids is 1. The first-order valence-electron chi connectivity index (χ1n) is 6.48. The van der Waals surface area contributed by atoms with Crippen LogP contribution in [0.15, 0.2) is 36.7 Å². The number of hydrogen-bond acceptors (Lipinski definition) is 5. The molecule has 3 N–H and O–H groups in total. The Kier molecular flexibility index (Phi) is 4.99. The number of rotatable bonds is 5. The first kappa shape index (κ1) is 16.5. The van der Waals surface area contributed by atoms with Crippen LogP contribution in [0.3, 0.4) is 0 Å². The standard InChI is InChI=1S/C14H13F3N4O2/c15-14(16,17)8-23-12-2-1-9(6-20-12)7-21-13(22)10-3-4-19-11(18)5-10/h1-6H,7-8H2,(H2,18,19)(H,21,22). The average molecular weight is 326 g/mol. The van der Waals surface area contributed by atoms with E-state index in [0.29, 0.717) is 11.1 Å². The Hall–Kier alpha value is -2.84. The van der Waals surface area contributed by atoms with Gasteiger partial charge < -0.3 is 15.8 Å². The molecule has 0 saturated heterocycles. The van der Waals surface area contributed by atoms with Crippen LogP contribution in [0.25, 0.3) is 0 Å². The number of aromatic nitrogens is 2. The molecule has 0 saturated carbocycles. The van der Waals surface area contributed by atoms with Crippen LogP contribution in [-0.4, -0.2) is 28.7 Å². The zero-order valence-electron chi connectivity index (χ0n) is 11.8. The van der Waals surface area contributed by atoms with Gasteiger partial charge in [0.2, 0.25) is 5.88 Å². The van der Waals surface area contributed by atoms with Crippen molar-refractivity contribution in [3.8, 4) is 5.88 Å². The molecule has 0 aromatic carbocycles. The van der Waals surface area contributed by atoms with Crippen LogP contribution in [0, 0.1) is 0 Å². The molecule has 2 aromatic heterocycles. The maximum absolute atomic E-state index is 12.0. The van der Waals surface area contributed by atoms with Gasteiger partial charge in [0.1, 0.15) is 5.82 Å². The van der Waals surface area contributed by atoms with E-state index in [1.54, 1.807) is 0 Å². The number of nitrogen functional groups attached to an aromatic ring is 1. The molecule has 1 amide bonds. The monoisotopic (exact) mass is 326 g/mol. The zero-order chi connectivity index (χ0) is 16.9. The molecular weight excluding hydrogens is 313 g/mol. The molecule has 23 heavy (non-hydrogen) atoms. The first-order valence-corrected chi connectivity index (χ1v) is 6.48. The van der Waals surface area contributed by atoms with E-state index in [1.165, 1.54) is 36.7 Å². The molecule has 9 heteroatoms. The van der Waals surface area contributed by atoms with Gasteiger partial charge >= 0.3 is 6.18 Å². The van der Waals surface area contributed by atoms with E-state index in [1.807, 2.05) is 0 Å². The van der Waals surface area contributed by atoms with Crippen LogP contribution in [0.1, 0.15) is 15.9 Å². The Morgan fingerprint density at radius 2 is 2.04 bits per heavy atom. The SMILES string of the molecule is Nc1cc(C(=O)NCc2ccc(OCC(F)(F)F)nc2)ccn1. The predicted octanol–water partition coefficient (Wildman–Crippen LogP) is 1.93. The lowest BCUT2D eigenvalue weighted by molar-refractivity contribution is -0.154.